The van der Waals surface area contributed by atoms with Crippen molar-refractivity contribution >= 4 is 42.8 Å². The molecule has 1 heterocycles. The Bertz CT molecular complexity index is 1260. The molecule has 0 N–H and O–H groups in total. The van der Waals surface area contributed by atoms with Crippen molar-refractivity contribution in [2.45, 2.75) is 52.1 Å². The molecule has 5 rings (SSSR count). The third-order valence-corrected chi connectivity index (χ3v) is 9.19. The van der Waals surface area contributed by atoms with Gasteiger partial charge in [0.2, 0.25) is 0 Å². The molecule has 0 saturated carbocycles. The van der Waals surface area contributed by atoms with Crippen molar-refractivity contribution < 1.29 is 13.6 Å². The molecule has 1 aliphatic rings. The van der Waals surface area contributed by atoms with Gasteiger partial charge in [-0.2, -0.15) is 0 Å². The Morgan fingerprint density at radius 3 is 1.82 bits per heavy atom. The van der Waals surface area contributed by atoms with Gasteiger partial charge in [0.1, 0.15) is 0 Å². The Labute approximate surface area is 203 Å². The summed E-state index contributed by atoms with van der Waals surface area (Å²) in [5, 5.41) is 4.66. The fourth-order valence-electron chi connectivity index (χ4n) is 4.61. The Hall–Kier alpha value is -2.09. The second kappa shape index (κ2) is 9.64. The summed E-state index contributed by atoms with van der Waals surface area (Å²) in [5.41, 5.74) is 2.14. The molecule has 170 valence electrons. The van der Waals surface area contributed by atoms with Crippen molar-refractivity contribution in [3.63, 3.8) is 0 Å². The van der Waals surface area contributed by atoms with E-state index in [1.54, 1.807) is 0 Å². The van der Waals surface area contributed by atoms with Gasteiger partial charge in [-0.05, 0) is 0 Å². The average Bonchev–Trinajstić information content (AvgIpc) is 2.97. The Morgan fingerprint density at radius 1 is 0.758 bits per heavy atom. The van der Waals surface area contributed by atoms with Gasteiger partial charge in [0.25, 0.3) is 0 Å². The predicted molar refractivity (Wildman–Crippen MR) is 140 cm³/mol. The number of fused-ring (bicyclic) bond motifs is 7. The normalized spacial score (nSPS) is 15.2. The molecule has 3 nitrogen and oxygen atoms in total. The first kappa shape index (κ1) is 22.7. The summed E-state index contributed by atoms with van der Waals surface area (Å²) < 4.78 is 19.9. The van der Waals surface area contributed by atoms with E-state index in [2.05, 4.69) is 102 Å². The van der Waals surface area contributed by atoms with Crippen LogP contribution >= 0.6 is 6.19 Å². The van der Waals surface area contributed by atoms with Crippen molar-refractivity contribution in [2.24, 2.45) is 0 Å². The maximum atomic E-state index is 6.63. The molecule has 0 unspecified atom stereocenters. The Kier molecular flexibility index (Phi) is 6.63. The average molecular weight is 523 g/mol. The van der Waals surface area contributed by atoms with Crippen LogP contribution in [0.3, 0.4) is 0 Å². The Balaban J connectivity index is 1.68. The predicted octanol–water partition coefficient (Wildman–Crippen LogP) is 8.65. The summed E-state index contributed by atoms with van der Waals surface area (Å²) in [7, 11) is 0. The summed E-state index contributed by atoms with van der Waals surface area (Å²) in [6.07, 6.45) is 2.82. The van der Waals surface area contributed by atoms with Gasteiger partial charge < -0.3 is 0 Å². The molecule has 0 radical (unpaired) electrons. The van der Waals surface area contributed by atoms with Crippen molar-refractivity contribution in [2.75, 3.05) is 0 Å². The standard InChI is InChI=1S/C28H29O3PSe/c1-3-5-6-13-22(4-2)29-32(33)30-25-18-16-20-11-7-9-14-23(20)27(25)28-24-15-10-8-12-21(24)17-19-26(28)31-32/h7-12,14-19,22H,3-6,13H2,1-2H3/t22-/m1/s1. The monoisotopic (exact) mass is 524 g/mol. The van der Waals surface area contributed by atoms with Crippen LogP contribution in [0.2, 0.25) is 0 Å². The zero-order chi connectivity index (χ0) is 22.8. The van der Waals surface area contributed by atoms with Crippen LogP contribution in [0.5, 0.6) is 11.5 Å². The van der Waals surface area contributed by atoms with Gasteiger partial charge in [-0.3, -0.25) is 0 Å². The van der Waals surface area contributed by atoms with E-state index in [0.717, 1.165) is 52.7 Å². The van der Waals surface area contributed by atoms with E-state index >= 15 is 0 Å². The number of benzene rings is 4. The van der Waals surface area contributed by atoms with Gasteiger partial charge in [-0.25, -0.2) is 0 Å². The second-order valence-electron chi connectivity index (χ2n) is 8.58. The number of rotatable bonds is 7. The number of hydrogen-bond acceptors (Lipinski definition) is 3. The maximum absolute atomic E-state index is 6.63. The summed E-state index contributed by atoms with van der Waals surface area (Å²) in [5.74, 6) is 1.61. The first-order valence-corrected chi connectivity index (χ1v) is 15.6. The summed E-state index contributed by atoms with van der Waals surface area (Å²) >= 11 is 3.21. The summed E-state index contributed by atoms with van der Waals surface area (Å²) in [4.78, 5) is 0. The number of unbranched alkanes of at least 4 members (excludes halogenated alkanes) is 2. The van der Waals surface area contributed by atoms with Gasteiger partial charge in [0.05, 0.1) is 0 Å². The van der Waals surface area contributed by atoms with E-state index in [1.165, 1.54) is 23.6 Å². The third-order valence-electron chi connectivity index (χ3n) is 6.32. The van der Waals surface area contributed by atoms with Gasteiger partial charge in [0.15, 0.2) is 0 Å². The molecule has 0 saturated heterocycles. The molecule has 5 heteroatoms. The second-order valence-corrected chi connectivity index (χ2v) is 12.9. The van der Waals surface area contributed by atoms with Crippen LogP contribution in [0.15, 0.2) is 72.8 Å². The molecular formula is C28H29O3PSe. The number of hydrogen-bond donors (Lipinski definition) is 0. The van der Waals surface area contributed by atoms with E-state index in [4.69, 9.17) is 13.6 Å². The first-order chi connectivity index (χ1) is 16.1. The molecule has 0 aliphatic carbocycles. The molecule has 0 spiro atoms. The zero-order valence-electron chi connectivity index (χ0n) is 19.1. The van der Waals surface area contributed by atoms with Crippen molar-refractivity contribution in [1.29, 1.82) is 0 Å². The van der Waals surface area contributed by atoms with E-state index in [-0.39, 0.29) is 6.10 Å². The van der Waals surface area contributed by atoms with Crippen LogP contribution in [0.4, 0.5) is 0 Å². The van der Waals surface area contributed by atoms with Gasteiger partial charge >= 0.3 is 204 Å². The van der Waals surface area contributed by atoms with E-state index in [0.29, 0.717) is 0 Å². The molecule has 0 fully saturated rings. The fraction of sp³-hybridized carbons (Fsp3) is 0.286. The molecular weight excluding hydrogens is 494 g/mol. The van der Waals surface area contributed by atoms with Gasteiger partial charge in [-0.1, -0.05) is 0 Å². The van der Waals surface area contributed by atoms with Crippen LogP contribution in [0, 0.1) is 0 Å². The molecule has 33 heavy (non-hydrogen) atoms. The molecule has 1 atom stereocenters. The van der Waals surface area contributed by atoms with Gasteiger partial charge in [0, 0.05) is 0 Å². The molecule has 4 aromatic rings. The minimum absolute atomic E-state index is 0.0945. The Morgan fingerprint density at radius 2 is 1.30 bits per heavy atom. The molecule has 1 aliphatic heterocycles. The molecule has 0 aromatic heterocycles. The molecule has 0 amide bonds. The topological polar surface area (TPSA) is 27.7 Å². The fourth-order valence-corrected chi connectivity index (χ4v) is 7.92. The van der Waals surface area contributed by atoms with Crippen molar-refractivity contribution in [1.82, 2.24) is 0 Å². The van der Waals surface area contributed by atoms with Crippen LogP contribution in [0.1, 0.15) is 46.0 Å². The zero-order valence-corrected chi connectivity index (χ0v) is 21.7. The van der Waals surface area contributed by atoms with Crippen molar-refractivity contribution in [3.05, 3.63) is 72.8 Å². The van der Waals surface area contributed by atoms with Crippen LogP contribution in [0.25, 0.3) is 32.7 Å². The van der Waals surface area contributed by atoms with Crippen molar-refractivity contribution in [3.8, 4) is 22.6 Å². The molecule has 4 aromatic carbocycles. The summed E-state index contributed by atoms with van der Waals surface area (Å²) in [6, 6.07) is 25.3. The van der Waals surface area contributed by atoms with Crippen LogP contribution in [-0.4, -0.2) is 21.2 Å². The minimum atomic E-state index is -2.77. The first-order valence-electron chi connectivity index (χ1n) is 11.8. The van der Waals surface area contributed by atoms with Crippen LogP contribution in [-0.2, 0) is 4.52 Å². The van der Waals surface area contributed by atoms with E-state index in [9.17, 15) is 0 Å². The summed E-state index contributed by atoms with van der Waals surface area (Å²) in [6.45, 7) is 4.40. The SMILES string of the molecule is CCCCC[C@@H](CC)OP1(=[Se])Oc2ccc3ccccc3c2-c2c(ccc3ccccc23)O1. The van der Waals surface area contributed by atoms with E-state index in [1.807, 2.05) is 0 Å². The quantitative estimate of drug-likeness (QED) is 0.138. The van der Waals surface area contributed by atoms with Crippen LogP contribution < -0.4 is 9.05 Å². The third kappa shape index (κ3) is 4.51. The van der Waals surface area contributed by atoms with E-state index < -0.39 is 6.19 Å². The molecule has 0 bridgehead atoms. The van der Waals surface area contributed by atoms with Gasteiger partial charge in [-0.15, -0.1) is 0 Å².